The lowest BCUT2D eigenvalue weighted by molar-refractivity contribution is 0.0528. The highest BCUT2D eigenvalue weighted by Crippen LogP contribution is 2.24. The number of amides is 1. The number of rotatable bonds is 9. The van der Waals surface area contributed by atoms with Crippen molar-refractivity contribution in [3.05, 3.63) is 30.0 Å². The van der Waals surface area contributed by atoms with Crippen LogP contribution in [0.1, 0.15) is 45.6 Å². The van der Waals surface area contributed by atoms with Crippen molar-refractivity contribution in [3.63, 3.8) is 0 Å². The number of alkyl carbamates (subject to hydrolysis) is 1. The van der Waals surface area contributed by atoms with E-state index in [1.165, 1.54) is 12.8 Å². The van der Waals surface area contributed by atoms with Crippen molar-refractivity contribution in [1.82, 2.24) is 10.3 Å². The predicted octanol–water partition coefficient (Wildman–Crippen LogP) is 5.18. The standard InChI is InChI=1S/C20H29BrN2O3/c1-20(2,3)26-19(24)22-11-9-15-14-23-18-8-7-16(13-17(15)18)25-12-6-4-5-10-21/h7-8,13-14,23H,4-6,9-12H2,1-3H3,(H,22,24). The molecule has 1 heterocycles. The van der Waals surface area contributed by atoms with Crippen LogP contribution in [-0.4, -0.2) is 35.2 Å². The van der Waals surface area contributed by atoms with Crippen LogP contribution in [-0.2, 0) is 11.2 Å². The number of fused-ring (bicyclic) bond motifs is 1. The molecule has 0 saturated carbocycles. The summed E-state index contributed by atoms with van der Waals surface area (Å²) >= 11 is 3.44. The number of aromatic nitrogens is 1. The first-order chi connectivity index (χ1) is 12.4. The Balaban J connectivity index is 1.87. The minimum absolute atomic E-state index is 0.384. The van der Waals surface area contributed by atoms with Crippen molar-refractivity contribution in [2.45, 2.75) is 52.1 Å². The van der Waals surface area contributed by atoms with Gasteiger partial charge in [-0.1, -0.05) is 15.9 Å². The van der Waals surface area contributed by atoms with E-state index in [0.717, 1.165) is 47.0 Å². The third-order valence-corrected chi connectivity index (χ3v) is 4.41. The maximum atomic E-state index is 11.7. The van der Waals surface area contributed by atoms with Gasteiger partial charge in [-0.2, -0.15) is 0 Å². The average molecular weight is 425 g/mol. The second-order valence-electron chi connectivity index (χ2n) is 7.30. The molecule has 0 radical (unpaired) electrons. The quantitative estimate of drug-likeness (QED) is 0.430. The second-order valence-corrected chi connectivity index (χ2v) is 8.09. The second kappa shape index (κ2) is 9.86. The van der Waals surface area contributed by atoms with Gasteiger partial charge in [0.05, 0.1) is 6.61 Å². The number of ether oxygens (including phenoxy) is 2. The van der Waals surface area contributed by atoms with Crippen molar-refractivity contribution in [1.29, 1.82) is 0 Å². The topological polar surface area (TPSA) is 63.3 Å². The van der Waals surface area contributed by atoms with Crippen LogP contribution in [0.4, 0.5) is 4.79 Å². The third-order valence-electron chi connectivity index (χ3n) is 3.85. The van der Waals surface area contributed by atoms with Gasteiger partial charge < -0.3 is 19.8 Å². The van der Waals surface area contributed by atoms with Gasteiger partial charge >= 0.3 is 6.09 Å². The van der Waals surface area contributed by atoms with E-state index in [-0.39, 0.29) is 6.09 Å². The molecule has 0 aliphatic rings. The van der Waals surface area contributed by atoms with Gasteiger partial charge in [0.1, 0.15) is 11.4 Å². The average Bonchev–Trinajstić information content (AvgIpc) is 2.95. The summed E-state index contributed by atoms with van der Waals surface area (Å²) in [5.41, 5.74) is 1.75. The Morgan fingerprint density at radius 2 is 2.04 bits per heavy atom. The SMILES string of the molecule is CC(C)(C)OC(=O)NCCc1c[nH]c2ccc(OCCCCCBr)cc12. The molecule has 0 atom stereocenters. The number of H-pyrrole nitrogens is 1. The molecule has 2 aromatic rings. The van der Waals surface area contributed by atoms with Crippen molar-refractivity contribution < 1.29 is 14.3 Å². The van der Waals surface area contributed by atoms with E-state index in [1.807, 2.05) is 39.1 Å². The van der Waals surface area contributed by atoms with E-state index in [2.05, 4.69) is 32.3 Å². The van der Waals surface area contributed by atoms with Crippen LogP contribution in [0.25, 0.3) is 10.9 Å². The van der Waals surface area contributed by atoms with Gasteiger partial charge in [0.25, 0.3) is 0 Å². The molecule has 0 saturated heterocycles. The molecule has 5 nitrogen and oxygen atoms in total. The van der Waals surface area contributed by atoms with E-state index < -0.39 is 5.60 Å². The number of unbranched alkanes of at least 4 members (excludes halogenated alkanes) is 2. The molecule has 6 heteroatoms. The number of benzene rings is 1. The summed E-state index contributed by atoms with van der Waals surface area (Å²) < 4.78 is 11.1. The summed E-state index contributed by atoms with van der Waals surface area (Å²) in [4.78, 5) is 15.0. The summed E-state index contributed by atoms with van der Waals surface area (Å²) in [6.45, 7) is 6.83. The van der Waals surface area contributed by atoms with Crippen molar-refractivity contribution in [3.8, 4) is 5.75 Å². The molecule has 0 fully saturated rings. The number of hydrogen-bond donors (Lipinski definition) is 2. The fraction of sp³-hybridized carbons (Fsp3) is 0.550. The fourth-order valence-electron chi connectivity index (χ4n) is 2.63. The van der Waals surface area contributed by atoms with Crippen LogP contribution in [0.15, 0.2) is 24.4 Å². The molecule has 144 valence electrons. The highest BCUT2D eigenvalue weighted by atomic mass is 79.9. The van der Waals surface area contributed by atoms with Crippen LogP contribution >= 0.6 is 15.9 Å². The van der Waals surface area contributed by atoms with Gasteiger partial charge in [0.2, 0.25) is 0 Å². The third kappa shape index (κ3) is 6.90. The van der Waals surface area contributed by atoms with Gasteiger partial charge in [-0.05, 0) is 70.2 Å². The lowest BCUT2D eigenvalue weighted by Crippen LogP contribution is -2.33. The van der Waals surface area contributed by atoms with Gasteiger partial charge in [-0.15, -0.1) is 0 Å². The van der Waals surface area contributed by atoms with Gasteiger partial charge in [0.15, 0.2) is 0 Å². The van der Waals surface area contributed by atoms with Crippen LogP contribution < -0.4 is 10.1 Å². The van der Waals surface area contributed by atoms with E-state index in [1.54, 1.807) is 0 Å². The maximum Gasteiger partial charge on any atom is 0.407 e. The lowest BCUT2D eigenvalue weighted by atomic mass is 10.1. The first kappa shape index (κ1) is 20.6. The first-order valence-electron chi connectivity index (χ1n) is 9.14. The molecular weight excluding hydrogens is 396 g/mol. The molecule has 1 aromatic heterocycles. The minimum atomic E-state index is -0.481. The molecule has 0 aliphatic heterocycles. The van der Waals surface area contributed by atoms with Crippen LogP contribution in [0.2, 0.25) is 0 Å². The molecule has 0 bridgehead atoms. The van der Waals surface area contributed by atoms with Crippen LogP contribution in [0.3, 0.4) is 0 Å². The first-order valence-corrected chi connectivity index (χ1v) is 10.3. The fourth-order valence-corrected chi connectivity index (χ4v) is 3.03. The number of hydrogen-bond acceptors (Lipinski definition) is 3. The Kier molecular flexibility index (Phi) is 7.82. The highest BCUT2D eigenvalue weighted by Gasteiger charge is 2.15. The molecule has 1 amide bonds. The van der Waals surface area contributed by atoms with Crippen LogP contribution in [0.5, 0.6) is 5.75 Å². The van der Waals surface area contributed by atoms with Gasteiger partial charge in [-0.3, -0.25) is 0 Å². The zero-order valence-electron chi connectivity index (χ0n) is 15.9. The molecule has 2 rings (SSSR count). The van der Waals surface area contributed by atoms with Crippen molar-refractivity contribution >= 4 is 32.9 Å². The summed E-state index contributed by atoms with van der Waals surface area (Å²) in [5, 5.41) is 4.98. The molecular formula is C20H29BrN2O3. The Bertz CT molecular complexity index is 707. The summed E-state index contributed by atoms with van der Waals surface area (Å²) in [6, 6.07) is 6.10. The van der Waals surface area contributed by atoms with Gasteiger partial charge in [-0.25, -0.2) is 4.79 Å². The van der Waals surface area contributed by atoms with E-state index in [4.69, 9.17) is 9.47 Å². The van der Waals surface area contributed by atoms with Gasteiger partial charge in [0, 0.05) is 29.0 Å². The van der Waals surface area contributed by atoms with Crippen molar-refractivity contribution in [2.24, 2.45) is 0 Å². The number of carbonyl (C=O) groups is 1. The molecule has 0 aliphatic carbocycles. The smallest absolute Gasteiger partial charge is 0.407 e. The van der Waals surface area contributed by atoms with Crippen molar-refractivity contribution in [2.75, 3.05) is 18.5 Å². The zero-order valence-corrected chi connectivity index (χ0v) is 17.4. The molecule has 2 N–H and O–H groups in total. The number of halogens is 1. The number of aromatic amines is 1. The van der Waals surface area contributed by atoms with E-state index in [9.17, 15) is 4.79 Å². The molecule has 1 aromatic carbocycles. The number of nitrogens with one attached hydrogen (secondary N) is 2. The number of carbonyl (C=O) groups excluding carboxylic acids is 1. The maximum absolute atomic E-state index is 11.7. The molecule has 0 spiro atoms. The molecule has 0 unspecified atom stereocenters. The number of alkyl halides is 1. The molecule has 26 heavy (non-hydrogen) atoms. The zero-order chi connectivity index (χ0) is 19.0. The lowest BCUT2D eigenvalue weighted by Gasteiger charge is -2.19. The summed E-state index contributed by atoms with van der Waals surface area (Å²) in [6.07, 6.45) is 5.73. The normalized spacial score (nSPS) is 11.5. The Hall–Kier alpha value is -1.69. The van der Waals surface area contributed by atoms with E-state index >= 15 is 0 Å². The Labute approximate surface area is 164 Å². The largest absolute Gasteiger partial charge is 0.494 e. The Morgan fingerprint density at radius 1 is 1.23 bits per heavy atom. The summed E-state index contributed by atoms with van der Waals surface area (Å²) in [7, 11) is 0. The summed E-state index contributed by atoms with van der Waals surface area (Å²) in [5.74, 6) is 0.886. The Morgan fingerprint density at radius 3 is 2.77 bits per heavy atom. The highest BCUT2D eigenvalue weighted by molar-refractivity contribution is 9.09. The van der Waals surface area contributed by atoms with E-state index in [0.29, 0.717) is 6.54 Å². The monoisotopic (exact) mass is 424 g/mol. The van der Waals surface area contributed by atoms with Crippen LogP contribution in [0, 0.1) is 0 Å². The predicted molar refractivity (Wildman–Crippen MR) is 109 cm³/mol. The minimum Gasteiger partial charge on any atom is -0.494 e.